The number of fused-ring (bicyclic) bond motifs is 1. The lowest BCUT2D eigenvalue weighted by molar-refractivity contribution is -0.265. The van der Waals surface area contributed by atoms with Crippen LogP contribution in [0.25, 0.3) is 0 Å². The van der Waals surface area contributed by atoms with Gasteiger partial charge in [0.05, 0.1) is 11.3 Å². The number of anilines is 1. The maximum atomic E-state index is 12.9. The van der Waals surface area contributed by atoms with E-state index in [1.807, 2.05) is 13.8 Å². The van der Waals surface area contributed by atoms with Crippen molar-refractivity contribution in [1.29, 1.82) is 5.26 Å². The zero-order valence-corrected chi connectivity index (χ0v) is 19.2. The first kappa shape index (κ1) is 23.5. The molecule has 1 aromatic carbocycles. The van der Waals surface area contributed by atoms with Gasteiger partial charge in [-0.3, -0.25) is 4.90 Å². The number of carbonyl (C=O) groups is 2. The van der Waals surface area contributed by atoms with E-state index in [0.717, 1.165) is 25.9 Å². The molecule has 0 saturated carbocycles. The monoisotopic (exact) mass is 457 g/mol. The molecule has 0 amide bonds. The summed E-state index contributed by atoms with van der Waals surface area (Å²) in [6.45, 7) is 8.39. The molecule has 9 heteroatoms. The van der Waals surface area contributed by atoms with Gasteiger partial charge in [-0.05, 0) is 31.0 Å². The van der Waals surface area contributed by atoms with Crippen molar-refractivity contribution in [2.24, 2.45) is 11.3 Å². The number of para-hydroxylation sites is 1. The number of unbranched alkanes of at least 4 members (excludes halogenated alkanes) is 1. The van der Waals surface area contributed by atoms with Crippen molar-refractivity contribution in [2.75, 3.05) is 31.1 Å². The van der Waals surface area contributed by atoms with E-state index >= 15 is 0 Å². The molecule has 5 unspecified atom stereocenters. The summed E-state index contributed by atoms with van der Waals surface area (Å²) < 4.78 is 11.9. The molecule has 3 aliphatic heterocycles. The Hall–Kier alpha value is -2.67. The molecule has 33 heavy (non-hydrogen) atoms. The number of piperidine rings is 2. The van der Waals surface area contributed by atoms with Crippen LogP contribution < -0.4 is 4.90 Å². The molecule has 3 heterocycles. The zero-order valence-electron chi connectivity index (χ0n) is 19.2. The zero-order chi connectivity index (χ0) is 24.0. The second-order valence-corrected chi connectivity index (χ2v) is 9.78. The minimum atomic E-state index is -2.05. The van der Waals surface area contributed by atoms with Crippen LogP contribution >= 0.6 is 0 Å². The number of likely N-dealkylation sites (tertiary alicyclic amines) is 1. The number of aliphatic hydroxyl groups is 2. The number of hydrogen-bond donors (Lipinski definition) is 2. The van der Waals surface area contributed by atoms with Gasteiger partial charge in [0.1, 0.15) is 6.07 Å². The second-order valence-electron chi connectivity index (χ2n) is 9.78. The van der Waals surface area contributed by atoms with Gasteiger partial charge in [-0.25, -0.2) is 9.59 Å². The summed E-state index contributed by atoms with van der Waals surface area (Å²) in [5.41, 5.74) is -0.969. The molecule has 0 radical (unpaired) electrons. The smallest absolute Gasteiger partial charge is 0.340 e. The third kappa shape index (κ3) is 3.66. The van der Waals surface area contributed by atoms with E-state index in [-0.39, 0.29) is 5.92 Å². The highest BCUT2D eigenvalue weighted by Crippen LogP contribution is 2.54. The Morgan fingerprint density at radius 1 is 1.15 bits per heavy atom. The molecule has 3 fully saturated rings. The Morgan fingerprint density at radius 2 is 1.85 bits per heavy atom. The summed E-state index contributed by atoms with van der Waals surface area (Å²) in [6.07, 6.45) is -3.20. The van der Waals surface area contributed by atoms with Crippen molar-refractivity contribution >= 4 is 17.6 Å². The quantitative estimate of drug-likeness (QED) is 0.638. The van der Waals surface area contributed by atoms with Gasteiger partial charge in [0, 0.05) is 25.0 Å². The lowest BCUT2D eigenvalue weighted by Gasteiger charge is -2.64. The fourth-order valence-electron chi connectivity index (χ4n) is 5.40. The average Bonchev–Trinajstić information content (AvgIpc) is 2.79. The van der Waals surface area contributed by atoms with Gasteiger partial charge in [-0.2, -0.15) is 5.26 Å². The lowest BCUT2D eigenvalue weighted by atomic mass is 9.59. The Bertz CT molecular complexity index is 975. The first-order valence-electron chi connectivity index (χ1n) is 11.4. The van der Waals surface area contributed by atoms with E-state index in [1.165, 1.54) is 0 Å². The fraction of sp³-hybridized carbons (Fsp3) is 0.625. The third-order valence-corrected chi connectivity index (χ3v) is 7.60. The minimum absolute atomic E-state index is 0.0131. The number of carbonyl (C=O) groups excluding carboxylic acids is 2. The van der Waals surface area contributed by atoms with Crippen molar-refractivity contribution in [3.63, 3.8) is 0 Å². The van der Waals surface area contributed by atoms with Crippen LogP contribution in [-0.4, -0.2) is 77.3 Å². The van der Waals surface area contributed by atoms with Crippen LogP contribution in [0, 0.1) is 22.7 Å². The molecule has 2 N–H and O–H groups in total. The highest BCUT2D eigenvalue weighted by atomic mass is 16.6. The van der Waals surface area contributed by atoms with Gasteiger partial charge in [0.15, 0.2) is 17.8 Å². The maximum Gasteiger partial charge on any atom is 0.340 e. The molecule has 1 aromatic rings. The Labute approximate surface area is 193 Å². The summed E-state index contributed by atoms with van der Waals surface area (Å²) in [7, 11) is 0. The predicted molar refractivity (Wildman–Crippen MR) is 118 cm³/mol. The van der Waals surface area contributed by atoms with Crippen LogP contribution in [-0.2, 0) is 19.1 Å². The van der Waals surface area contributed by atoms with E-state index in [2.05, 4.69) is 17.9 Å². The number of esters is 2. The summed E-state index contributed by atoms with van der Waals surface area (Å²) in [5, 5.41) is 30.1. The van der Waals surface area contributed by atoms with Gasteiger partial charge in [0.25, 0.3) is 0 Å². The molecule has 0 aliphatic carbocycles. The number of nitrogens with zero attached hydrogens (tertiary/aromatic N) is 3. The molecule has 4 rings (SSSR count). The SMILES string of the molecule is CCCCN1CC2CN(c3ccccc3C#N)C3OC(=O)C(O)C(O)C(=O)OC3(C1)C2(C)C. The van der Waals surface area contributed by atoms with E-state index in [9.17, 15) is 25.1 Å². The van der Waals surface area contributed by atoms with Crippen LogP contribution in [0.4, 0.5) is 5.69 Å². The summed E-state index contributed by atoms with van der Waals surface area (Å²) >= 11 is 0. The van der Waals surface area contributed by atoms with Crippen LogP contribution in [0.3, 0.4) is 0 Å². The molecule has 178 valence electrons. The van der Waals surface area contributed by atoms with Gasteiger partial charge < -0.3 is 24.6 Å². The molecular formula is C24H31N3O6. The van der Waals surface area contributed by atoms with Gasteiger partial charge >= 0.3 is 11.9 Å². The normalized spacial score (nSPS) is 33.8. The molecule has 3 aliphatic rings. The Morgan fingerprint density at radius 3 is 2.55 bits per heavy atom. The molecule has 0 aromatic heterocycles. The molecular weight excluding hydrogens is 426 g/mol. The van der Waals surface area contributed by atoms with Crippen LogP contribution in [0.15, 0.2) is 24.3 Å². The van der Waals surface area contributed by atoms with Gasteiger partial charge in [-0.15, -0.1) is 0 Å². The Balaban J connectivity index is 1.88. The number of nitriles is 1. The lowest BCUT2D eigenvalue weighted by Crippen LogP contribution is -2.79. The predicted octanol–water partition coefficient (Wildman–Crippen LogP) is 1.02. The van der Waals surface area contributed by atoms with E-state index in [0.29, 0.717) is 24.3 Å². The van der Waals surface area contributed by atoms with Crippen molar-refractivity contribution in [3.05, 3.63) is 29.8 Å². The number of hydrogen-bond acceptors (Lipinski definition) is 9. The number of rotatable bonds is 4. The highest BCUT2D eigenvalue weighted by molar-refractivity contribution is 5.86. The fourth-order valence-corrected chi connectivity index (χ4v) is 5.40. The van der Waals surface area contributed by atoms with Gasteiger partial charge in [-0.1, -0.05) is 39.3 Å². The second kappa shape index (κ2) is 8.60. The minimum Gasteiger partial charge on any atom is -0.449 e. The van der Waals surface area contributed by atoms with E-state index in [1.54, 1.807) is 29.2 Å². The Kier molecular flexibility index (Phi) is 6.12. The molecule has 9 nitrogen and oxygen atoms in total. The topological polar surface area (TPSA) is 123 Å². The van der Waals surface area contributed by atoms with Crippen LogP contribution in [0.1, 0.15) is 39.2 Å². The van der Waals surface area contributed by atoms with Crippen molar-refractivity contribution in [3.8, 4) is 6.07 Å². The number of benzene rings is 1. The highest BCUT2D eigenvalue weighted by Gasteiger charge is 2.68. The van der Waals surface area contributed by atoms with E-state index < -0.39 is 41.4 Å². The number of ether oxygens (including phenoxy) is 2. The summed E-state index contributed by atoms with van der Waals surface area (Å²) in [4.78, 5) is 29.7. The first-order chi connectivity index (χ1) is 15.7. The molecule has 1 spiro atoms. The van der Waals surface area contributed by atoms with Crippen LogP contribution in [0.5, 0.6) is 0 Å². The first-order valence-corrected chi connectivity index (χ1v) is 11.4. The summed E-state index contributed by atoms with van der Waals surface area (Å²) in [6, 6.07) is 9.18. The standard InChI is InChI=1S/C24H31N3O6/c1-4-5-10-26-12-16-13-27(17-9-7-6-8-15(17)11-25)22-24(14-26,23(16,2)3)33-21(31)19(29)18(28)20(30)32-22/h6-9,16,18-19,22,28-29H,4-5,10,12-14H2,1-3H3. The van der Waals surface area contributed by atoms with Crippen LogP contribution in [0.2, 0.25) is 0 Å². The van der Waals surface area contributed by atoms with Crippen molar-refractivity contribution < 1.29 is 29.3 Å². The maximum absolute atomic E-state index is 12.9. The van der Waals surface area contributed by atoms with Crippen molar-refractivity contribution in [1.82, 2.24) is 4.90 Å². The molecule has 3 saturated heterocycles. The van der Waals surface area contributed by atoms with E-state index in [4.69, 9.17) is 9.47 Å². The molecule has 5 atom stereocenters. The van der Waals surface area contributed by atoms with Crippen molar-refractivity contribution in [2.45, 2.75) is 57.6 Å². The largest absolute Gasteiger partial charge is 0.449 e. The summed E-state index contributed by atoms with van der Waals surface area (Å²) in [5.74, 6) is -2.13. The molecule has 2 bridgehead atoms. The van der Waals surface area contributed by atoms with Gasteiger partial charge in [0.2, 0.25) is 6.23 Å². The number of aliphatic hydroxyl groups excluding tert-OH is 2. The third-order valence-electron chi connectivity index (χ3n) is 7.60. The average molecular weight is 458 g/mol.